The van der Waals surface area contributed by atoms with E-state index in [1.807, 2.05) is 0 Å². The summed E-state index contributed by atoms with van der Waals surface area (Å²) in [6.07, 6.45) is 1.39. The van der Waals surface area contributed by atoms with Gasteiger partial charge in [0, 0.05) is 17.1 Å². The summed E-state index contributed by atoms with van der Waals surface area (Å²) in [5.41, 5.74) is 2.94. The number of sulfonamides is 1. The zero-order chi connectivity index (χ0) is 19.3. The lowest BCUT2D eigenvalue weighted by atomic mass is 10.2. The van der Waals surface area contributed by atoms with Crippen molar-refractivity contribution in [3.63, 3.8) is 0 Å². The molecule has 6 nitrogen and oxygen atoms in total. The highest BCUT2D eigenvalue weighted by Gasteiger charge is 2.25. The van der Waals surface area contributed by atoms with Crippen molar-refractivity contribution in [2.24, 2.45) is 5.10 Å². The van der Waals surface area contributed by atoms with Crippen LogP contribution in [0.5, 0.6) is 0 Å². The molecule has 0 spiro atoms. The highest BCUT2D eigenvalue weighted by Crippen LogP contribution is 2.27. The molecule has 0 unspecified atom stereocenters. The van der Waals surface area contributed by atoms with Crippen LogP contribution in [0.2, 0.25) is 15.1 Å². The molecule has 0 radical (unpaired) electrons. The Labute approximate surface area is 166 Å². The fraction of sp³-hybridized carbons (Fsp3) is 0.125. The van der Waals surface area contributed by atoms with Crippen LogP contribution in [-0.4, -0.2) is 38.4 Å². The van der Waals surface area contributed by atoms with Crippen LogP contribution in [0.1, 0.15) is 5.56 Å². The van der Waals surface area contributed by atoms with Crippen molar-refractivity contribution in [3.8, 4) is 0 Å². The number of hydrogen-bond donors (Lipinski definition) is 1. The molecule has 1 amide bonds. The summed E-state index contributed by atoms with van der Waals surface area (Å²) in [5, 5.41) is 4.54. The quantitative estimate of drug-likeness (QED) is 0.559. The van der Waals surface area contributed by atoms with Crippen molar-refractivity contribution in [1.82, 2.24) is 9.73 Å². The molecule has 0 fully saturated rings. The molecule has 2 aromatic carbocycles. The Morgan fingerprint density at radius 1 is 1.15 bits per heavy atom. The van der Waals surface area contributed by atoms with Crippen molar-refractivity contribution >= 4 is 56.9 Å². The molecule has 26 heavy (non-hydrogen) atoms. The Bertz CT molecular complexity index is 949. The van der Waals surface area contributed by atoms with Gasteiger partial charge in [0.25, 0.3) is 5.91 Å². The maximum absolute atomic E-state index is 12.5. The molecule has 0 bridgehead atoms. The largest absolute Gasteiger partial charge is 0.272 e. The van der Waals surface area contributed by atoms with Gasteiger partial charge in [0.05, 0.1) is 17.8 Å². The number of carbonyl (C=O) groups excluding carboxylic acids is 1. The van der Waals surface area contributed by atoms with E-state index in [0.717, 1.165) is 4.31 Å². The standard InChI is InChI=1S/C16H14Cl3N3O3S/c1-22(26(24,25)15-8-13(18)5-6-14(15)19)10-16(23)21-20-9-11-3-2-4-12(17)7-11/h2-9H,10H2,1H3,(H,21,23)/b20-9-. The molecule has 1 N–H and O–H groups in total. The summed E-state index contributed by atoms with van der Waals surface area (Å²) in [6.45, 7) is -0.446. The van der Waals surface area contributed by atoms with E-state index in [1.54, 1.807) is 24.3 Å². The molecule has 10 heteroatoms. The molecule has 2 aromatic rings. The summed E-state index contributed by atoms with van der Waals surface area (Å²) >= 11 is 17.6. The molecule has 0 aliphatic heterocycles. The topological polar surface area (TPSA) is 78.8 Å². The minimum atomic E-state index is -3.98. The number of halogens is 3. The Morgan fingerprint density at radius 3 is 2.54 bits per heavy atom. The lowest BCUT2D eigenvalue weighted by Crippen LogP contribution is -2.36. The molecule has 0 saturated heterocycles. The second kappa shape index (κ2) is 8.83. The van der Waals surface area contributed by atoms with E-state index in [0.29, 0.717) is 10.6 Å². The summed E-state index contributed by atoms with van der Waals surface area (Å²) < 4.78 is 25.9. The Morgan fingerprint density at radius 2 is 1.85 bits per heavy atom. The van der Waals surface area contributed by atoms with E-state index in [2.05, 4.69) is 10.5 Å². The van der Waals surface area contributed by atoms with Crippen LogP contribution in [0.15, 0.2) is 52.5 Å². The van der Waals surface area contributed by atoms with Gasteiger partial charge < -0.3 is 0 Å². The van der Waals surface area contributed by atoms with Crippen LogP contribution in [-0.2, 0) is 14.8 Å². The first kappa shape index (κ1) is 20.7. The van der Waals surface area contributed by atoms with E-state index in [1.165, 1.54) is 31.5 Å². The predicted octanol–water partition coefficient (Wildman–Crippen LogP) is 3.42. The first-order valence-corrected chi connectivity index (χ1v) is 9.76. The van der Waals surface area contributed by atoms with Gasteiger partial charge in [-0.2, -0.15) is 9.41 Å². The SMILES string of the molecule is CN(CC(=O)N/N=C\c1cccc(Cl)c1)S(=O)(=O)c1cc(Cl)ccc1Cl. The van der Waals surface area contributed by atoms with Crippen molar-refractivity contribution < 1.29 is 13.2 Å². The Kier molecular flexibility index (Phi) is 7.02. The van der Waals surface area contributed by atoms with Crippen LogP contribution in [0.4, 0.5) is 0 Å². The van der Waals surface area contributed by atoms with Gasteiger partial charge in [-0.15, -0.1) is 0 Å². The Hall–Kier alpha value is -1.64. The fourth-order valence-corrected chi connectivity index (χ4v) is 3.99. The lowest BCUT2D eigenvalue weighted by molar-refractivity contribution is -0.121. The van der Waals surface area contributed by atoms with Crippen molar-refractivity contribution in [1.29, 1.82) is 0 Å². The molecule has 0 aliphatic rings. The zero-order valence-electron chi connectivity index (χ0n) is 13.5. The van der Waals surface area contributed by atoms with Gasteiger partial charge in [0.1, 0.15) is 4.90 Å². The van der Waals surface area contributed by atoms with Gasteiger partial charge >= 0.3 is 0 Å². The summed E-state index contributed by atoms with van der Waals surface area (Å²) in [6, 6.07) is 10.9. The number of benzene rings is 2. The van der Waals surface area contributed by atoms with Gasteiger partial charge in [-0.1, -0.05) is 46.9 Å². The lowest BCUT2D eigenvalue weighted by Gasteiger charge is -2.17. The maximum atomic E-state index is 12.5. The van der Waals surface area contributed by atoms with Crippen LogP contribution in [0, 0.1) is 0 Å². The summed E-state index contributed by atoms with van der Waals surface area (Å²) in [5.74, 6) is -0.618. The molecule has 0 aliphatic carbocycles. The average molecular weight is 435 g/mol. The first-order chi connectivity index (χ1) is 12.2. The molecule has 0 atom stereocenters. The third kappa shape index (κ3) is 5.43. The maximum Gasteiger partial charge on any atom is 0.255 e. The second-order valence-corrected chi connectivity index (χ2v) is 8.48. The molecular formula is C16H14Cl3N3O3S. The molecule has 0 heterocycles. The molecular weight excluding hydrogens is 421 g/mol. The normalized spacial score (nSPS) is 11.9. The number of carbonyl (C=O) groups is 1. The van der Waals surface area contributed by atoms with Gasteiger partial charge in [-0.05, 0) is 35.9 Å². The molecule has 0 saturated carbocycles. The third-order valence-corrected chi connectivity index (χ3v) is 5.95. The summed E-state index contributed by atoms with van der Waals surface area (Å²) in [4.78, 5) is 11.7. The van der Waals surface area contributed by atoms with Crippen LogP contribution in [0.25, 0.3) is 0 Å². The Balaban J connectivity index is 2.03. The number of hydrogen-bond acceptors (Lipinski definition) is 4. The zero-order valence-corrected chi connectivity index (χ0v) is 16.6. The van der Waals surface area contributed by atoms with E-state index in [9.17, 15) is 13.2 Å². The first-order valence-electron chi connectivity index (χ1n) is 7.19. The van der Waals surface area contributed by atoms with E-state index in [4.69, 9.17) is 34.8 Å². The highest BCUT2D eigenvalue weighted by molar-refractivity contribution is 7.89. The second-order valence-electron chi connectivity index (χ2n) is 5.18. The van der Waals surface area contributed by atoms with Crippen molar-refractivity contribution in [2.45, 2.75) is 4.90 Å². The number of likely N-dealkylation sites (N-methyl/N-ethyl adjacent to an activating group) is 1. The molecule has 2 rings (SSSR count). The smallest absolute Gasteiger partial charge is 0.255 e. The number of nitrogens with zero attached hydrogens (tertiary/aromatic N) is 2. The van der Waals surface area contributed by atoms with Gasteiger partial charge in [-0.25, -0.2) is 13.8 Å². The predicted molar refractivity (Wildman–Crippen MR) is 103 cm³/mol. The van der Waals surface area contributed by atoms with E-state index in [-0.39, 0.29) is 14.9 Å². The fourth-order valence-electron chi connectivity index (χ4n) is 1.93. The minimum Gasteiger partial charge on any atom is -0.272 e. The van der Waals surface area contributed by atoms with E-state index < -0.39 is 22.5 Å². The molecule has 138 valence electrons. The van der Waals surface area contributed by atoms with Gasteiger partial charge in [0.2, 0.25) is 10.0 Å². The number of nitrogens with one attached hydrogen (secondary N) is 1. The van der Waals surface area contributed by atoms with Gasteiger partial charge in [0.15, 0.2) is 0 Å². The van der Waals surface area contributed by atoms with Crippen molar-refractivity contribution in [3.05, 3.63) is 63.1 Å². The third-order valence-electron chi connectivity index (χ3n) is 3.20. The van der Waals surface area contributed by atoms with Crippen LogP contribution in [0.3, 0.4) is 0 Å². The monoisotopic (exact) mass is 433 g/mol. The van der Waals surface area contributed by atoms with Crippen molar-refractivity contribution in [2.75, 3.05) is 13.6 Å². The number of amides is 1. The minimum absolute atomic E-state index is 0.0145. The number of hydrazone groups is 1. The van der Waals surface area contributed by atoms with Crippen LogP contribution >= 0.6 is 34.8 Å². The van der Waals surface area contributed by atoms with Gasteiger partial charge in [-0.3, -0.25) is 4.79 Å². The van der Waals surface area contributed by atoms with Crippen LogP contribution < -0.4 is 5.43 Å². The highest BCUT2D eigenvalue weighted by atomic mass is 35.5. The van der Waals surface area contributed by atoms with E-state index >= 15 is 0 Å². The summed E-state index contributed by atoms with van der Waals surface area (Å²) in [7, 11) is -2.73. The number of rotatable bonds is 6. The molecule has 0 aromatic heterocycles. The average Bonchev–Trinajstić information content (AvgIpc) is 2.57.